The van der Waals surface area contributed by atoms with Gasteiger partial charge < -0.3 is 4.90 Å². The third-order valence-corrected chi connectivity index (χ3v) is 3.84. The Morgan fingerprint density at radius 3 is 2.67 bits per heavy atom. The molecule has 2 heterocycles. The van der Waals surface area contributed by atoms with Crippen LogP contribution in [0.2, 0.25) is 5.28 Å². The molecule has 0 unspecified atom stereocenters. The van der Waals surface area contributed by atoms with Gasteiger partial charge in [0.05, 0.1) is 0 Å². The predicted molar refractivity (Wildman–Crippen MR) is 60.1 cm³/mol. The fourth-order valence-corrected chi connectivity index (χ4v) is 3.07. The summed E-state index contributed by atoms with van der Waals surface area (Å²) in [6.07, 6.45) is 5.92. The van der Waals surface area contributed by atoms with Crippen molar-refractivity contribution in [3.05, 3.63) is 17.5 Å². The van der Waals surface area contributed by atoms with Gasteiger partial charge in [-0.25, -0.2) is 9.97 Å². The summed E-state index contributed by atoms with van der Waals surface area (Å²) in [7, 11) is 0. The average Bonchev–Trinajstić information content (AvgIpc) is 2.76. The lowest BCUT2D eigenvalue weighted by atomic mass is 10.0. The maximum atomic E-state index is 5.80. The SMILES string of the molecule is Clc1nccc(N2C[C@@H]3CCC[C@H]3C2)n1. The number of aromatic nitrogens is 2. The molecule has 1 aromatic heterocycles. The van der Waals surface area contributed by atoms with E-state index in [1.54, 1.807) is 6.20 Å². The van der Waals surface area contributed by atoms with Crippen LogP contribution in [0.25, 0.3) is 0 Å². The van der Waals surface area contributed by atoms with Crippen molar-refractivity contribution in [3.8, 4) is 0 Å². The van der Waals surface area contributed by atoms with Crippen LogP contribution in [0, 0.1) is 11.8 Å². The number of hydrogen-bond donors (Lipinski definition) is 0. The van der Waals surface area contributed by atoms with Crippen LogP contribution in [0.15, 0.2) is 12.3 Å². The minimum atomic E-state index is 0.351. The first-order chi connectivity index (χ1) is 7.33. The monoisotopic (exact) mass is 223 g/mol. The van der Waals surface area contributed by atoms with Crippen LogP contribution in [0.1, 0.15) is 19.3 Å². The molecule has 15 heavy (non-hydrogen) atoms. The summed E-state index contributed by atoms with van der Waals surface area (Å²) < 4.78 is 0. The lowest BCUT2D eigenvalue weighted by molar-refractivity contribution is 0.494. The van der Waals surface area contributed by atoms with Gasteiger partial charge in [-0.2, -0.15) is 0 Å². The molecule has 0 radical (unpaired) electrons. The van der Waals surface area contributed by atoms with Crippen molar-refractivity contribution in [1.29, 1.82) is 0 Å². The minimum absolute atomic E-state index is 0.351. The summed E-state index contributed by atoms with van der Waals surface area (Å²) in [5, 5.41) is 0.351. The Kier molecular flexibility index (Phi) is 2.28. The number of nitrogens with zero attached hydrogens (tertiary/aromatic N) is 3. The second kappa shape index (κ2) is 3.63. The highest BCUT2D eigenvalue weighted by molar-refractivity contribution is 6.28. The first-order valence-electron chi connectivity index (χ1n) is 5.56. The molecule has 4 heteroatoms. The summed E-state index contributed by atoms with van der Waals surface area (Å²) in [5.41, 5.74) is 0. The van der Waals surface area contributed by atoms with Crippen molar-refractivity contribution in [1.82, 2.24) is 9.97 Å². The maximum Gasteiger partial charge on any atom is 0.224 e. The molecule has 2 aliphatic rings. The van der Waals surface area contributed by atoms with Crippen molar-refractivity contribution in [2.45, 2.75) is 19.3 Å². The molecule has 1 saturated carbocycles. The highest BCUT2D eigenvalue weighted by Gasteiger charge is 2.36. The van der Waals surface area contributed by atoms with Gasteiger partial charge in [0.15, 0.2) is 0 Å². The zero-order valence-electron chi connectivity index (χ0n) is 8.56. The lowest BCUT2D eigenvalue weighted by Crippen LogP contribution is -2.21. The molecule has 0 aromatic carbocycles. The summed E-state index contributed by atoms with van der Waals surface area (Å²) >= 11 is 5.80. The number of anilines is 1. The molecule has 3 rings (SSSR count). The minimum Gasteiger partial charge on any atom is -0.356 e. The highest BCUT2D eigenvalue weighted by Crippen LogP contribution is 2.39. The normalized spacial score (nSPS) is 29.5. The third kappa shape index (κ3) is 1.69. The van der Waals surface area contributed by atoms with Crippen LogP contribution in [-0.4, -0.2) is 23.1 Å². The van der Waals surface area contributed by atoms with E-state index in [1.807, 2.05) is 6.07 Å². The van der Waals surface area contributed by atoms with E-state index in [1.165, 1.54) is 19.3 Å². The lowest BCUT2D eigenvalue weighted by Gasteiger charge is -2.17. The Morgan fingerprint density at radius 2 is 2.00 bits per heavy atom. The van der Waals surface area contributed by atoms with Gasteiger partial charge in [-0.1, -0.05) is 6.42 Å². The van der Waals surface area contributed by atoms with Crippen molar-refractivity contribution >= 4 is 17.4 Å². The van der Waals surface area contributed by atoms with Gasteiger partial charge in [-0.3, -0.25) is 0 Å². The predicted octanol–water partition coefficient (Wildman–Crippen LogP) is 2.37. The largest absolute Gasteiger partial charge is 0.356 e. The standard InChI is InChI=1S/C11H14ClN3/c12-11-13-5-4-10(14-11)15-6-8-2-1-3-9(8)7-15/h4-5,8-9H,1-3,6-7H2/t8-,9-/m0/s1. The van der Waals surface area contributed by atoms with E-state index < -0.39 is 0 Å². The zero-order chi connectivity index (χ0) is 10.3. The molecule has 80 valence electrons. The van der Waals surface area contributed by atoms with Gasteiger partial charge in [0.1, 0.15) is 5.82 Å². The van der Waals surface area contributed by atoms with Crippen molar-refractivity contribution in [3.63, 3.8) is 0 Å². The van der Waals surface area contributed by atoms with Gasteiger partial charge in [0.2, 0.25) is 5.28 Å². The fourth-order valence-electron chi connectivity index (χ4n) is 2.92. The van der Waals surface area contributed by atoms with Crippen LogP contribution < -0.4 is 4.90 Å². The van der Waals surface area contributed by atoms with E-state index in [-0.39, 0.29) is 0 Å². The fraction of sp³-hybridized carbons (Fsp3) is 0.636. The van der Waals surface area contributed by atoms with E-state index >= 15 is 0 Å². The summed E-state index contributed by atoms with van der Waals surface area (Å²) in [5.74, 6) is 2.77. The number of fused-ring (bicyclic) bond motifs is 1. The summed E-state index contributed by atoms with van der Waals surface area (Å²) in [4.78, 5) is 10.5. The van der Waals surface area contributed by atoms with Gasteiger partial charge >= 0.3 is 0 Å². The van der Waals surface area contributed by atoms with Gasteiger partial charge in [-0.05, 0) is 42.3 Å². The molecular formula is C11H14ClN3. The molecule has 0 N–H and O–H groups in total. The van der Waals surface area contributed by atoms with E-state index in [0.29, 0.717) is 5.28 Å². The third-order valence-electron chi connectivity index (χ3n) is 3.66. The Balaban J connectivity index is 1.79. The molecular weight excluding hydrogens is 210 g/mol. The number of halogens is 1. The molecule has 1 saturated heterocycles. The van der Waals surface area contributed by atoms with Crippen LogP contribution in [0.4, 0.5) is 5.82 Å². The smallest absolute Gasteiger partial charge is 0.224 e. The Morgan fingerprint density at radius 1 is 1.27 bits per heavy atom. The molecule has 2 fully saturated rings. The van der Waals surface area contributed by atoms with Crippen molar-refractivity contribution < 1.29 is 0 Å². The van der Waals surface area contributed by atoms with Crippen LogP contribution in [0.5, 0.6) is 0 Å². The van der Waals surface area contributed by atoms with Gasteiger partial charge in [0, 0.05) is 19.3 Å². The van der Waals surface area contributed by atoms with Gasteiger partial charge in [0.25, 0.3) is 0 Å². The van der Waals surface area contributed by atoms with Crippen molar-refractivity contribution in [2.24, 2.45) is 11.8 Å². The maximum absolute atomic E-state index is 5.80. The summed E-state index contributed by atoms with van der Waals surface area (Å²) in [6.45, 7) is 2.30. The first kappa shape index (κ1) is 9.40. The number of rotatable bonds is 1. The molecule has 0 spiro atoms. The zero-order valence-corrected chi connectivity index (χ0v) is 9.32. The van der Waals surface area contributed by atoms with E-state index in [2.05, 4.69) is 14.9 Å². The molecule has 0 amide bonds. The van der Waals surface area contributed by atoms with E-state index in [9.17, 15) is 0 Å². The van der Waals surface area contributed by atoms with E-state index in [4.69, 9.17) is 11.6 Å². The van der Waals surface area contributed by atoms with E-state index in [0.717, 1.165) is 30.7 Å². The molecule has 1 aliphatic heterocycles. The number of hydrogen-bond acceptors (Lipinski definition) is 3. The molecule has 2 atom stereocenters. The Hall–Kier alpha value is -0.830. The highest BCUT2D eigenvalue weighted by atomic mass is 35.5. The quantitative estimate of drug-likeness (QED) is 0.685. The molecule has 0 bridgehead atoms. The first-order valence-corrected chi connectivity index (χ1v) is 5.94. The molecule has 3 nitrogen and oxygen atoms in total. The second-order valence-electron chi connectivity index (χ2n) is 4.54. The van der Waals surface area contributed by atoms with Crippen molar-refractivity contribution in [2.75, 3.05) is 18.0 Å². The molecule has 1 aliphatic carbocycles. The van der Waals surface area contributed by atoms with Crippen LogP contribution in [0.3, 0.4) is 0 Å². The topological polar surface area (TPSA) is 29.0 Å². The Bertz CT molecular complexity index is 357. The summed E-state index contributed by atoms with van der Waals surface area (Å²) in [6, 6.07) is 1.95. The van der Waals surface area contributed by atoms with Gasteiger partial charge in [-0.15, -0.1) is 0 Å². The molecule has 1 aromatic rings. The average molecular weight is 224 g/mol. The second-order valence-corrected chi connectivity index (χ2v) is 4.88. The van der Waals surface area contributed by atoms with Crippen LogP contribution in [-0.2, 0) is 0 Å². The Labute approximate surface area is 94.5 Å². The van der Waals surface area contributed by atoms with Crippen LogP contribution >= 0.6 is 11.6 Å².